The molecule has 1 aromatic heterocycles. The fraction of sp³-hybridized carbons (Fsp3) is 0.364. The Bertz CT molecular complexity index is 842. The van der Waals surface area contributed by atoms with Gasteiger partial charge in [-0.15, -0.1) is 0 Å². The Labute approximate surface area is 176 Å². The third-order valence-corrected chi connectivity index (χ3v) is 4.52. The molecule has 0 saturated carbocycles. The first-order valence-corrected chi connectivity index (χ1v) is 9.95. The Balaban J connectivity index is 1.65. The fourth-order valence-electron chi connectivity index (χ4n) is 2.98. The van der Waals surface area contributed by atoms with Gasteiger partial charge in [-0.2, -0.15) is 0 Å². The van der Waals surface area contributed by atoms with Crippen LogP contribution in [0.1, 0.15) is 49.1 Å². The molecule has 0 aliphatic heterocycles. The molecule has 8 heteroatoms. The van der Waals surface area contributed by atoms with Crippen LogP contribution >= 0.6 is 0 Å². The number of amides is 2. The summed E-state index contributed by atoms with van der Waals surface area (Å²) < 4.78 is 0. The molecule has 1 heterocycles. The fourth-order valence-corrected chi connectivity index (χ4v) is 2.98. The van der Waals surface area contributed by atoms with Crippen LogP contribution in [-0.4, -0.2) is 34.4 Å². The summed E-state index contributed by atoms with van der Waals surface area (Å²) in [4.78, 5) is 39.4. The van der Waals surface area contributed by atoms with Crippen molar-refractivity contribution in [1.29, 1.82) is 0 Å². The third-order valence-electron chi connectivity index (χ3n) is 4.52. The zero-order chi connectivity index (χ0) is 21.8. The van der Waals surface area contributed by atoms with Crippen molar-refractivity contribution in [3.05, 3.63) is 59.8 Å². The predicted octanol–water partition coefficient (Wildman–Crippen LogP) is 2.77. The highest BCUT2D eigenvalue weighted by Gasteiger charge is 2.19. The number of anilines is 1. The van der Waals surface area contributed by atoms with E-state index in [0.717, 1.165) is 23.4 Å². The monoisotopic (exact) mass is 412 g/mol. The molecule has 1 unspecified atom stereocenters. The van der Waals surface area contributed by atoms with E-state index in [1.807, 2.05) is 25.1 Å². The molecule has 0 aliphatic carbocycles. The first kappa shape index (κ1) is 22.9. The summed E-state index contributed by atoms with van der Waals surface area (Å²) in [5, 5.41) is 12.3. The highest BCUT2D eigenvalue weighted by molar-refractivity contribution is 5.82. The molecular weight excluding hydrogens is 384 g/mol. The Kier molecular flexibility index (Phi) is 9.30. The number of rotatable bonds is 11. The van der Waals surface area contributed by atoms with E-state index in [2.05, 4.69) is 21.2 Å². The van der Waals surface area contributed by atoms with E-state index < -0.39 is 17.8 Å². The van der Waals surface area contributed by atoms with Gasteiger partial charge in [0.05, 0.1) is 6.42 Å². The maximum absolute atomic E-state index is 12.1. The number of aliphatic carboxylic acids is 1. The van der Waals surface area contributed by atoms with Crippen LogP contribution in [0.2, 0.25) is 0 Å². The van der Waals surface area contributed by atoms with Crippen LogP contribution in [0, 0.1) is 6.92 Å². The number of aromatic nitrogens is 1. The molecule has 0 aliphatic rings. The van der Waals surface area contributed by atoms with E-state index in [4.69, 9.17) is 5.11 Å². The second-order valence-corrected chi connectivity index (χ2v) is 7.11. The van der Waals surface area contributed by atoms with Gasteiger partial charge in [-0.25, -0.2) is 4.98 Å². The number of benzene rings is 1. The van der Waals surface area contributed by atoms with Crippen molar-refractivity contribution in [3.63, 3.8) is 0 Å². The highest BCUT2D eigenvalue weighted by Crippen LogP contribution is 2.23. The van der Waals surface area contributed by atoms with E-state index in [1.54, 1.807) is 30.5 Å². The molecule has 2 aromatic rings. The van der Waals surface area contributed by atoms with E-state index in [0.29, 0.717) is 13.0 Å². The smallest absolute Gasteiger partial charge is 0.303 e. The normalized spacial score (nSPS) is 11.4. The minimum absolute atomic E-state index is 0.0238. The number of hydrazine groups is 1. The number of carbonyl (C=O) groups excluding carboxylic acids is 2. The van der Waals surface area contributed by atoms with E-state index in [9.17, 15) is 14.4 Å². The molecule has 4 N–H and O–H groups in total. The van der Waals surface area contributed by atoms with Gasteiger partial charge in [0, 0.05) is 31.5 Å². The van der Waals surface area contributed by atoms with Gasteiger partial charge in [-0.3, -0.25) is 25.2 Å². The number of carbonyl (C=O) groups is 3. The Morgan fingerprint density at radius 3 is 2.43 bits per heavy atom. The van der Waals surface area contributed by atoms with Crippen molar-refractivity contribution < 1.29 is 19.5 Å². The largest absolute Gasteiger partial charge is 0.481 e. The van der Waals surface area contributed by atoms with Gasteiger partial charge in [0.1, 0.15) is 5.82 Å². The quantitative estimate of drug-likeness (QED) is 0.333. The van der Waals surface area contributed by atoms with Crippen LogP contribution in [0.4, 0.5) is 5.82 Å². The van der Waals surface area contributed by atoms with Gasteiger partial charge < -0.3 is 10.4 Å². The molecule has 0 spiro atoms. The summed E-state index contributed by atoms with van der Waals surface area (Å²) in [6, 6.07) is 12.9. The maximum atomic E-state index is 12.1. The van der Waals surface area contributed by atoms with Crippen molar-refractivity contribution in [3.8, 4) is 0 Å². The van der Waals surface area contributed by atoms with E-state index in [1.165, 1.54) is 0 Å². The number of pyridine rings is 1. The number of nitrogens with one attached hydrogen (secondary N) is 3. The van der Waals surface area contributed by atoms with E-state index >= 15 is 0 Å². The molecule has 2 rings (SSSR count). The maximum Gasteiger partial charge on any atom is 0.303 e. The third kappa shape index (κ3) is 8.72. The van der Waals surface area contributed by atoms with Crippen molar-refractivity contribution in [2.75, 3.05) is 11.9 Å². The molecule has 0 radical (unpaired) electrons. The van der Waals surface area contributed by atoms with Crippen molar-refractivity contribution in [2.24, 2.45) is 0 Å². The molecule has 2 amide bonds. The van der Waals surface area contributed by atoms with Crippen molar-refractivity contribution in [1.82, 2.24) is 15.8 Å². The predicted molar refractivity (Wildman–Crippen MR) is 114 cm³/mol. The molecule has 0 bridgehead atoms. The van der Waals surface area contributed by atoms with E-state index in [-0.39, 0.29) is 25.2 Å². The standard InChI is InChI=1S/C22H28N4O4/c1-16-10-12-24-19(13-16)23-11-6-5-9-20(27)25-26-21(28)14-18(15-22(29)30)17-7-3-2-4-8-17/h2-4,7-8,10,12-13,18H,5-6,9,11,14-15H2,1H3,(H,23,24)(H,25,27)(H,26,28)(H,29,30). The summed E-state index contributed by atoms with van der Waals surface area (Å²) in [6.07, 6.45) is 3.28. The lowest BCUT2D eigenvalue weighted by atomic mass is 9.92. The minimum atomic E-state index is -0.977. The second-order valence-electron chi connectivity index (χ2n) is 7.11. The van der Waals surface area contributed by atoms with Crippen LogP contribution < -0.4 is 16.2 Å². The van der Waals surface area contributed by atoms with Crippen LogP contribution in [0.25, 0.3) is 0 Å². The highest BCUT2D eigenvalue weighted by atomic mass is 16.4. The van der Waals surface area contributed by atoms with Gasteiger partial charge >= 0.3 is 5.97 Å². The lowest BCUT2D eigenvalue weighted by Gasteiger charge is -2.15. The lowest BCUT2D eigenvalue weighted by molar-refractivity contribution is -0.137. The number of nitrogens with zero attached hydrogens (tertiary/aromatic N) is 1. The molecule has 1 atom stereocenters. The van der Waals surface area contributed by atoms with Crippen molar-refractivity contribution in [2.45, 2.75) is 44.9 Å². The molecule has 0 fully saturated rings. The number of carboxylic acids is 1. The number of unbranched alkanes of at least 4 members (excludes halogenated alkanes) is 1. The average molecular weight is 412 g/mol. The molecule has 30 heavy (non-hydrogen) atoms. The molecule has 1 aromatic carbocycles. The summed E-state index contributed by atoms with van der Waals surface area (Å²) in [6.45, 7) is 2.69. The zero-order valence-electron chi connectivity index (χ0n) is 17.1. The molecule has 0 saturated heterocycles. The topological polar surface area (TPSA) is 120 Å². The Hall–Kier alpha value is -3.42. The lowest BCUT2D eigenvalue weighted by Crippen LogP contribution is -2.42. The van der Waals surface area contributed by atoms with Gasteiger partial charge in [0.15, 0.2) is 0 Å². The second kappa shape index (κ2) is 12.2. The van der Waals surface area contributed by atoms with Gasteiger partial charge in [0.25, 0.3) is 0 Å². The number of aryl methyl sites for hydroxylation is 1. The zero-order valence-corrected chi connectivity index (χ0v) is 17.1. The summed E-state index contributed by atoms with van der Waals surface area (Å²) >= 11 is 0. The first-order chi connectivity index (χ1) is 14.4. The molecule has 8 nitrogen and oxygen atoms in total. The van der Waals surface area contributed by atoms with Crippen LogP contribution in [-0.2, 0) is 14.4 Å². The van der Waals surface area contributed by atoms with Crippen LogP contribution in [0.15, 0.2) is 48.7 Å². The summed E-state index contributed by atoms with van der Waals surface area (Å²) in [5.74, 6) is -1.34. The first-order valence-electron chi connectivity index (χ1n) is 9.95. The number of hydrogen-bond donors (Lipinski definition) is 4. The summed E-state index contributed by atoms with van der Waals surface area (Å²) in [5.41, 5.74) is 6.66. The van der Waals surface area contributed by atoms with Crippen LogP contribution in [0.5, 0.6) is 0 Å². The van der Waals surface area contributed by atoms with Gasteiger partial charge in [-0.1, -0.05) is 30.3 Å². The van der Waals surface area contributed by atoms with Gasteiger partial charge in [0.2, 0.25) is 11.8 Å². The Morgan fingerprint density at radius 1 is 1.00 bits per heavy atom. The Morgan fingerprint density at radius 2 is 1.73 bits per heavy atom. The SMILES string of the molecule is Cc1ccnc(NCCCCC(=O)NNC(=O)CC(CC(=O)O)c2ccccc2)c1. The molecular formula is C22H28N4O4. The number of carboxylic acid groups (broad SMARTS) is 1. The van der Waals surface area contributed by atoms with Gasteiger partial charge in [-0.05, 0) is 43.0 Å². The molecule has 160 valence electrons. The van der Waals surface area contributed by atoms with Crippen LogP contribution in [0.3, 0.4) is 0 Å². The summed E-state index contributed by atoms with van der Waals surface area (Å²) in [7, 11) is 0. The minimum Gasteiger partial charge on any atom is -0.481 e. The average Bonchev–Trinajstić information content (AvgIpc) is 2.72. The van der Waals surface area contributed by atoms with Crippen molar-refractivity contribution >= 4 is 23.6 Å². The number of hydrogen-bond acceptors (Lipinski definition) is 5.